The summed E-state index contributed by atoms with van der Waals surface area (Å²) in [6, 6.07) is 7.15. The minimum absolute atomic E-state index is 0.162. The van der Waals surface area contributed by atoms with Crippen LogP contribution in [-0.2, 0) is 11.8 Å². The molecule has 0 unspecified atom stereocenters. The number of primary amides is 1. The minimum atomic E-state index is -0.396. The number of nitrogens with zero attached hydrogens (tertiary/aromatic N) is 3. The fraction of sp³-hybridized carbons (Fsp3) is 0.308. The van der Waals surface area contributed by atoms with E-state index < -0.39 is 5.91 Å². The summed E-state index contributed by atoms with van der Waals surface area (Å²) in [7, 11) is 1.82. The van der Waals surface area contributed by atoms with E-state index in [2.05, 4.69) is 10.2 Å². The van der Waals surface area contributed by atoms with Crippen LogP contribution >= 0.6 is 23.4 Å². The summed E-state index contributed by atoms with van der Waals surface area (Å²) in [5.74, 6) is 1.08. The number of amides is 1. The molecule has 1 atom stereocenters. The average molecular weight is 327 g/mol. The molecule has 1 amide bonds. The van der Waals surface area contributed by atoms with Crippen LogP contribution in [0.1, 0.15) is 18.9 Å². The van der Waals surface area contributed by atoms with Crippen LogP contribution in [0.2, 0.25) is 5.02 Å². The summed E-state index contributed by atoms with van der Waals surface area (Å²) in [5.41, 5.74) is 5.12. The van der Waals surface area contributed by atoms with Gasteiger partial charge >= 0.3 is 0 Å². The van der Waals surface area contributed by atoms with Crippen LogP contribution in [0.5, 0.6) is 5.75 Å². The van der Waals surface area contributed by atoms with E-state index in [9.17, 15) is 4.79 Å². The first-order valence-electron chi connectivity index (χ1n) is 6.20. The molecule has 1 aromatic heterocycles. The fourth-order valence-corrected chi connectivity index (χ4v) is 2.58. The second-order valence-electron chi connectivity index (χ2n) is 4.37. The molecule has 0 radical (unpaired) electrons. The average Bonchev–Trinajstić information content (AvgIpc) is 2.77. The van der Waals surface area contributed by atoms with E-state index in [1.165, 1.54) is 11.8 Å². The maximum absolute atomic E-state index is 10.8. The van der Waals surface area contributed by atoms with E-state index in [-0.39, 0.29) is 11.9 Å². The maximum Gasteiger partial charge on any atom is 0.227 e. The summed E-state index contributed by atoms with van der Waals surface area (Å²) in [6.45, 7) is 1.87. The number of benzene rings is 1. The molecule has 0 aliphatic rings. The van der Waals surface area contributed by atoms with Crippen molar-refractivity contribution in [2.45, 2.75) is 18.2 Å². The highest BCUT2D eigenvalue weighted by atomic mass is 35.5. The molecule has 6 nitrogen and oxygen atoms in total. The molecule has 2 rings (SSSR count). The van der Waals surface area contributed by atoms with Crippen LogP contribution in [0, 0.1) is 0 Å². The molecule has 1 heterocycles. The van der Waals surface area contributed by atoms with Gasteiger partial charge in [0.2, 0.25) is 5.91 Å². The van der Waals surface area contributed by atoms with Crippen molar-refractivity contribution < 1.29 is 9.53 Å². The molecular weight excluding hydrogens is 312 g/mol. The Hall–Kier alpha value is -1.73. The second-order valence-corrected chi connectivity index (χ2v) is 5.75. The topological polar surface area (TPSA) is 83.0 Å². The van der Waals surface area contributed by atoms with Gasteiger partial charge in [0.25, 0.3) is 0 Å². The molecule has 112 valence electrons. The van der Waals surface area contributed by atoms with Crippen LogP contribution in [-0.4, -0.2) is 26.4 Å². The molecule has 8 heteroatoms. The lowest BCUT2D eigenvalue weighted by molar-refractivity contribution is -0.115. The van der Waals surface area contributed by atoms with Gasteiger partial charge in [-0.05, 0) is 25.1 Å². The summed E-state index contributed by atoms with van der Waals surface area (Å²) in [5, 5.41) is 9.35. The Morgan fingerprint density at radius 2 is 2.29 bits per heavy atom. The molecule has 0 saturated heterocycles. The normalized spacial score (nSPS) is 12.1. The van der Waals surface area contributed by atoms with E-state index in [0.29, 0.717) is 21.8 Å². The molecule has 2 aromatic rings. The van der Waals surface area contributed by atoms with Gasteiger partial charge in [0.15, 0.2) is 17.1 Å². The third kappa shape index (κ3) is 4.12. The second kappa shape index (κ2) is 6.82. The lowest BCUT2D eigenvalue weighted by Crippen LogP contribution is -2.14. The van der Waals surface area contributed by atoms with Crippen molar-refractivity contribution in [1.29, 1.82) is 0 Å². The van der Waals surface area contributed by atoms with Crippen LogP contribution < -0.4 is 10.5 Å². The summed E-state index contributed by atoms with van der Waals surface area (Å²) in [4.78, 5) is 10.8. The number of hydrogen-bond acceptors (Lipinski definition) is 5. The van der Waals surface area contributed by atoms with Gasteiger partial charge in [-0.1, -0.05) is 29.4 Å². The first-order valence-corrected chi connectivity index (χ1v) is 7.56. The van der Waals surface area contributed by atoms with Crippen LogP contribution in [0.15, 0.2) is 29.4 Å². The number of carbonyl (C=O) groups excluding carboxylic acids is 1. The lowest BCUT2D eigenvalue weighted by atomic mass is 10.3. The smallest absolute Gasteiger partial charge is 0.227 e. The Labute approximate surface area is 131 Å². The molecule has 0 fully saturated rings. The summed E-state index contributed by atoms with van der Waals surface area (Å²) in [6.07, 6.45) is -0.302. The van der Waals surface area contributed by atoms with Gasteiger partial charge in [0.05, 0.1) is 5.75 Å². The van der Waals surface area contributed by atoms with E-state index in [1.807, 2.05) is 26.1 Å². The molecule has 21 heavy (non-hydrogen) atoms. The van der Waals surface area contributed by atoms with Crippen molar-refractivity contribution in [3.63, 3.8) is 0 Å². The highest BCUT2D eigenvalue weighted by Gasteiger charge is 2.17. The largest absolute Gasteiger partial charge is 0.483 e. The van der Waals surface area contributed by atoms with E-state index in [4.69, 9.17) is 22.1 Å². The molecule has 0 aliphatic carbocycles. The quantitative estimate of drug-likeness (QED) is 0.823. The fourth-order valence-electron chi connectivity index (χ4n) is 1.74. The number of thioether (sulfide) groups is 1. The summed E-state index contributed by atoms with van der Waals surface area (Å²) >= 11 is 7.16. The van der Waals surface area contributed by atoms with Gasteiger partial charge < -0.3 is 15.0 Å². The Kier molecular flexibility index (Phi) is 5.08. The number of rotatable bonds is 6. The highest BCUT2D eigenvalue weighted by molar-refractivity contribution is 7.99. The van der Waals surface area contributed by atoms with Crippen LogP contribution in [0.4, 0.5) is 0 Å². The van der Waals surface area contributed by atoms with Crippen molar-refractivity contribution in [3.8, 4) is 5.75 Å². The molecular formula is C13H15ClN4O2S. The van der Waals surface area contributed by atoms with Gasteiger partial charge in [-0.25, -0.2) is 0 Å². The molecule has 1 aromatic carbocycles. The van der Waals surface area contributed by atoms with E-state index in [0.717, 1.165) is 0 Å². The number of hydrogen-bond donors (Lipinski definition) is 1. The van der Waals surface area contributed by atoms with Crippen molar-refractivity contribution in [2.75, 3.05) is 5.75 Å². The van der Waals surface area contributed by atoms with Gasteiger partial charge in [0, 0.05) is 12.1 Å². The molecule has 0 aliphatic heterocycles. The first-order chi connectivity index (χ1) is 9.97. The number of nitrogens with two attached hydrogens (primary N) is 1. The summed E-state index contributed by atoms with van der Waals surface area (Å²) < 4.78 is 7.57. The standard InChI is InChI=1S/C13H15ClN4O2S/c1-8(20-10-5-3-4-9(14)6-10)12-16-17-13(18(12)2)21-7-11(15)19/h3-6,8H,7H2,1-2H3,(H2,15,19)/t8-/m1/s1. The lowest BCUT2D eigenvalue weighted by Gasteiger charge is -2.14. The number of carbonyl (C=O) groups is 1. The number of aromatic nitrogens is 3. The van der Waals surface area contributed by atoms with Gasteiger partial charge in [0.1, 0.15) is 5.75 Å². The van der Waals surface area contributed by atoms with Crippen LogP contribution in [0.3, 0.4) is 0 Å². The van der Waals surface area contributed by atoms with E-state index >= 15 is 0 Å². The number of ether oxygens (including phenoxy) is 1. The first kappa shape index (κ1) is 15.7. The van der Waals surface area contributed by atoms with Gasteiger partial charge in [-0.2, -0.15) is 0 Å². The van der Waals surface area contributed by atoms with Crippen molar-refractivity contribution >= 4 is 29.3 Å². The number of halogens is 1. The maximum atomic E-state index is 10.8. The van der Waals surface area contributed by atoms with Crippen molar-refractivity contribution in [3.05, 3.63) is 35.1 Å². The SMILES string of the molecule is C[C@@H](Oc1cccc(Cl)c1)c1nnc(SCC(N)=O)n1C. The molecule has 0 bridgehead atoms. The zero-order chi connectivity index (χ0) is 15.4. The Balaban J connectivity index is 2.09. The Morgan fingerprint density at radius 3 is 2.95 bits per heavy atom. The van der Waals surface area contributed by atoms with Crippen molar-refractivity contribution in [2.24, 2.45) is 12.8 Å². The zero-order valence-corrected chi connectivity index (χ0v) is 13.2. The third-order valence-electron chi connectivity index (χ3n) is 2.68. The van der Waals surface area contributed by atoms with Crippen LogP contribution in [0.25, 0.3) is 0 Å². The molecule has 2 N–H and O–H groups in total. The van der Waals surface area contributed by atoms with Crippen molar-refractivity contribution in [1.82, 2.24) is 14.8 Å². The van der Waals surface area contributed by atoms with Gasteiger partial charge in [-0.3, -0.25) is 4.79 Å². The Morgan fingerprint density at radius 1 is 1.52 bits per heavy atom. The predicted molar refractivity (Wildman–Crippen MR) is 81.4 cm³/mol. The minimum Gasteiger partial charge on any atom is -0.483 e. The predicted octanol–water partition coefficient (Wildman–Crippen LogP) is 2.19. The monoisotopic (exact) mass is 326 g/mol. The Bertz CT molecular complexity index is 647. The highest BCUT2D eigenvalue weighted by Crippen LogP contribution is 2.25. The third-order valence-corrected chi connectivity index (χ3v) is 3.96. The van der Waals surface area contributed by atoms with Gasteiger partial charge in [-0.15, -0.1) is 10.2 Å². The molecule has 0 spiro atoms. The van der Waals surface area contributed by atoms with E-state index in [1.54, 1.807) is 16.7 Å². The molecule has 0 saturated carbocycles. The zero-order valence-electron chi connectivity index (χ0n) is 11.6.